The van der Waals surface area contributed by atoms with Crippen molar-refractivity contribution in [2.24, 2.45) is 0 Å². The zero-order chi connectivity index (χ0) is 23.3. The second-order valence-electron chi connectivity index (χ2n) is 6.70. The molecular weight excluding hydrogens is 476 g/mol. The van der Waals surface area contributed by atoms with E-state index < -0.39 is 12.3 Å². The van der Waals surface area contributed by atoms with Crippen molar-refractivity contribution < 1.29 is 38.4 Å². The average molecular weight is 513 g/mol. The third-order valence-corrected chi connectivity index (χ3v) is 4.63. The molecule has 31 heavy (non-hydrogen) atoms. The molecule has 2 atom stereocenters. The van der Waals surface area contributed by atoms with Crippen LogP contribution in [0.3, 0.4) is 0 Å². The highest BCUT2D eigenvalue weighted by Gasteiger charge is 2.16. The van der Waals surface area contributed by atoms with Gasteiger partial charge in [0.15, 0.2) is 6.29 Å². The summed E-state index contributed by atoms with van der Waals surface area (Å²) in [5.74, 6) is -0.562. The fraction of sp³-hybridized carbons (Fsp3) is 0.850. The van der Waals surface area contributed by atoms with Crippen LogP contribution in [0.15, 0.2) is 0 Å². The number of amides is 2. The summed E-state index contributed by atoms with van der Waals surface area (Å²) in [7, 11) is 1.42. The number of hydrogen-bond acceptors (Lipinski definition) is 8. The monoisotopic (exact) mass is 512 g/mol. The number of hydrogen-bond donors (Lipinski definition) is 3. The number of carbonyl (C=O) groups is 3. The zero-order valence-electron chi connectivity index (χ0n) is 18.5. The summed E-state index contributed by atoms with van der Waals surface area (Å²) in [4.78, 5) is 34.6. The molecule has 0 aliphatic carbocycles. The van der Waals surface area contributed by atoms with Gasteiger partial charge in [-0.25, -0.2) is 0 Å². The normalized spacial score (nSPS) is 12.8. The Kier molecular flexibility index (Phi) is 19.8. The van der Waals surface area contributed by atoms with Gasteiger partial charge in [-0.3, -0.25) is 14.4 Å². The van der Waals surface area contributed by atoms with Gasteiger partial charge in [0.1, 0.15) is 6.61 Å². The van der Waals surface area contributed by atoms with Crippen LogP contribution in [0.1, 0.15) is 45.4 Å². The van der Waals surface area contributed by atoms with E-state index in [1.165, 1.54) is 7.11 Å². The van der Waals surface area contributed by atoms with E-state index in [2.05, 4.69) is 26.6 Å². The lowest BCUT2D eigenvalue weighted by molar-refractivity contribution is -0.188. The van der Waals surface area contributed by atoms with Crippen molar-refractivity contribution >= 4 is 33.7 Å². The number of alkyl halides is 1. The van der Waals surface area contributed by atoms with Crippen LogP contribution in [0.4, 0.5) is 0 Å². The molecule has 0 bridgehead atoms. The van der Waals surface area contributed by atoms with Crippen LogP contribution in [-0.2, 0) is 33.3 Å². The highest BCUT2D eigenvalue weighted by atomic mass is 79.9. The lowest BCUT2D eigenvalue weighted by atomic mass is 10.2. The predicted molar refractivity (Wildman–Crippen MR) is 118 cm³/mol. The molecule has 10 nitrogen and oxygen atoms in total. The van der Waals surface area contributed by atoms with Crippen LogP contribution in [0.5, 0.6) is 0 Å². The molecule has 0 aromatic carbocycles. The molecule has 3 N–H and O–H groups in total. The number of methoxy groups -OCH3 is 1. The highest BCUT2D eigenvalue weighted by molar-refractivity contribution is 9.09. The van der Waals surface area contributed by atoms with E-state index in [9.17, 15) is 14.4 Å². The lowest BCUT2D eigenvalue weighted by Gasteiger charge is -2.21. The molecule has 0 radical (unpaired) electrons. The Balaban J connectivity index is 3.63. The van der Waals surface area contributed by atoms with Gasteiger partial charge < -0.3 is 34.7 Å². The molecular formula is C20H37BrN2O8. The smallest absolute Gasteiger partial charge is 0.305 e. The Bertz CT molecular complexity index is 492. The standard InChI is InChI=1S/C20H37BrN2O8/c1-3-16(31-20(14-24)28-2)15-30-19(27)8-4-7-17(25)22-9-5-11-29-12-6-10-23-18(26)13-21/h16,20,24H,3-15H2,1-2H3,(H,22,25)(H,23,26). The minimum absolute atomic E-state index is 0.0478. The molecule has 0 saturated carbocycles. The first-order chi connectivity index (χ1) is 15.0. The van der Waals surface area contributed by atoms with E-state index in [4.69, 9.17) is 24.1 Å². The number of halogens is 1. The first-order valence-corrected chi connectivity index (χ1v) is 11.7. The van der Waals surface area contributed by atoms with E-state index >= 15 is 0 Å². The largest absolute Gasteiger partial charge is 0.463 e. The third-order valence-electron chi connectivity index (χ3n) is 4.12. The minimum atomic E-state index is -0.746. The zero-order valence-corrected chi connectivity index (χ0v) is 20.1. The first-order valence-electron chi connectivity index (χ1n) is 10.6. The van der Waals surface area contributed by atoms with Crippen LogP contribution in [-0.4, -0.2) is 87.2 Å². The summed E-state index contributed by atoms with van der Waals surface area (Å²) in [6.07, 6.45) is 1.71. The van der Waals surface area contributed by atoms with Gasteiger partial charge in [0.25, 0.3) is 0 Å². The van der Waals surface area contributed by atoms with E-state index in [1.54, 1.807) is 0 Å². The van der Waals surface area contributed by atoms with E-state index in [-0.39, 0.29) is 44.0 Å². The SMILES string of the molecule is CCC(COC(=O)CCCC(=O)NCCCOCCCNC(=O)CBr)OC(CO)OC. The second kappa shape index (κ2) is 20.6. The van der Waals surface area contributed by atoms with E-state index in [1.807, 2.05) is 6.92 Å². The Morgan fingerprint density at radius 2 is 1.65 bits per heavy atom. The molecule has 0 rings (SSSR count). The maximum Gasteiger partial charge on any atom is 0.305 e. The van der Waals surface area contributed by atoms with Gasteiger partial charge >= 0.3 is 5.97 Å². The molecule has 0 heterocycles. The molecule has 11 heteroatoms. The van der Waals surface area contributed by atoms with Crippen molar-refractivity contribution in [3.8, 4) is 0 Å². The number of ether oxygens (including phenoxy) is 4. The summed E-state index contributed by atoms with van der Waals surface area (Å²) in [6, 6.07) is 0. The molecule has 0 saturated heterocycles. The third kappa shape index (κ3) is 18.0. The average Bonchev–Trinajstić information content (AvgIpc) is 2.77. The number of aliphatic hydroxyl groups is 1. The molecule has 0 spiro atoms. The molecule has 0 aromatic rings. The molecule has 2 unspecified atom stereocenters. The Labute approximate surface area is 192 Å². The minimum Gasteiger partial charge on any atom is -0.463 e. The van der Waals surface area contributed by atoms with Crippen molar-refractivity contribution in [1.82, 2.24) is 10.6 Å². The summed E-state index contributed by atoms with van der Waals surface area (Å²) in [5.41, 5.74) is 0. The van der Waals surface area contributed by atoms with E-state index in [0.29, 0.717) is 50.9 Å². The van der Waals surface area contributed by atoms with Crippen LogP contribution in [0.25, 0.3) is 0 Å². The number of nitrogens with one attached hydrogen (secondary N) is 2. The van der Waals surface area contributed by atoms with Crippen molar-refractivity contribution in [1.29, 1.82) is 0 Å². The first kappa shape index (κ1) is 29.7. The highest BCUT2D eigenvalue weighted by Crippen LogP contribution is 2.06. The van der Waals surface area contributed by atoms with Crippen LogP contribution >= 0.6 is 15.9 Å². The molecule has 0 aliphatic heterocycles. The summed E-state index contributed by atoms with van der Waals surface area (Å²) < 4.78 is 21.0. The van der Waals surface area contributed by atoms with Crippen molar-refractivity contribution in [3.63, 3.8) is 0 Å². The lowest BCUT2D eigenvalue weighted by Crippen LogP contribution is -2.30. The maximum atomic E-state index is 11.8. The quantitative estimate of drug-likeness (QED) is 0.0947. The summed E-state index contributed by atoms with van der Waals surface area (Å²) >= 11 is 3.07. The fourth-order valence-electron chi connectivity index (χ4n) is 2.33. The number of aliphatic hydroxyl groups excluding tert-OH is 1. The molecule has 0 aliphatic rings. The number of carbonyl (C=O) groups excluding carboxylic acids is 3. The molecule has 2 amide bonds. The van der Waals surface area contributed by atoms with E-state index in [0.717, 1.165) is 6.42 Å². The summed E-state index contributed by atoms with van der Waals surface area (Å²) in [5, 5.41) is 14.9. The van der Waals surface area contributed by atoms with Gasteiger partial charge in [0.2, 0.25) is 11.8 Å². The van der Waals surface area contributed by atoms with Gasteiger partial charge in [-0.15, -0.1) is 0 Å². The van der Waals surface area contributed by atoms with Crippen molar-refractivity contribution in [2.75, 3.05) is 52.0 Å². The van der Waals surface area contributed by atoms with Gasteiger partial charge in [-0.2, -0.15) is 0 Å². The van der Waals surface area contributed by atoms with Gasteiger partial charge in [-0.1, -0.05) is 22.9 Å². The summed E-state index contributed by atoms with van der Waals surface area (Å²) in [6.45, 7) is 3.83. The van der Waals surface area contributed by atoms with Crippen molar-refractivity contribution in [3.05, 3.63) is 0 Å². The molecule has 0 aromatic heterocycles. The van der Waals surface area contributed by atoms with Gasteiger partial charge in [0, 0.05) is 46.3 Å². The maximum absolute atomic E-state index is 11.8. The molecule has 182 valence electrons. The van der Waals surface area contributed by atoms with Crippen LogP contribution in [0, 0.1) is 0 Å². The second-order valence-corrected chi connectivity index (χ2v) is 7.26. The van der Waals surface area contributed by atoms with Crippen LogP contribution in [0.2, 0.25) is 0 Å². The Morgan fingerprint density at radius 3 is 2.19 bits per heavy atom. The van der Waals surface area contributed by atoms with Gasteiger partial charge in [0.05, 0.1) is 18.0 Å². The van der Waals surface area contributed by atoms with Gasteiger partial charge in [-0.05, 0) is 25.7 Å². The van der Waals surface area contributed by atoms with Crippen LogP contribution < -0.4 is 10.6 Å². The topological polar surface area (TPSA) is 132 Å². The Morgan fingerprint density at radius 1 is 1.00 bits per heavy atom. The number of rotatable bonds is 20. The Hall–Kier alpha value is -1.27. The number of esters is 1. The predicted octanol–water partition coefficient (Wildman–Crippen LogP) is 0.884. The molecule has 0 fully saturated rings. The van der Waals surface area contributed by atoms with Crippen molar-refractivity contribution in [2.45, 2.75) is 57.8 Å². The fourth-order valence-corrected chi connectivity index (χ4v) is 2.53.